The number of halogens is 2. The second-order valence-electron chi connectivity index (χ2n) is 5.94. The zero-order valence-electron chi connectivity index (χ0n) is 13.9. The molecule has 0 aliphatic rings. The maximum absolute atomic E-state index is 12.3. The molecule has 0 aliphatic carbocycles. The molecule has 1 amide bonds. The number of aromatic nitrogens is 2. The summed E-state index contributed by atoms with van der Waals surface area (Å²) >= 11 is 12.1. The van der Waals surface area contributed by atoms with Gasteiger partial charge in [0.25, 0.3) is 5.89 Å². The zero-order chi connectivity index (χ0) is 18.8. The van der Waals surface area contributed by atoms with E-state index in [9.17, 15) is 4.79 Å². The molecule has 0 aliphatic heterocycles. The summed E-state index contributed by atoms with van der Waals surface area (Å²) in [6, 6.07) is 18.8. The van der Waals surface area contributed by atoms with Crippen molar-refractivity contribution in [2.45, 2.75) is 6.42 Å². The highest BCUT2D eigenvalue weighted by Gasteiger charge is 2.14. The Bertz CT molecular complexity index is 1140. The number of rotatable bonds is 4. The van der Waals surface area contributed by atoms with E-state index in [2.05, 4.69) is 15.5 Å². The first-order chi connectivity index (χ1) is 13.1. The van der Waals surface area contributed by atoms with Gasteiger partial charge in [-0.25, -0.2) is 0 Å². The number of anilines is 1. The maximum Gasteiger partial charge on any atom is 0.322 e. The van der Waals surface area contributed by atoms with Gasteiger partial charge in [0.15, 0.2) is 0 Å². The minimum absolute atomic E-state index is 0.00633. The quantitative estimate of drug-likeness (QED) is 0.501. The number of nitrogens with zero attached hydrogens (tertiary/aromatic N) is 2. The largest absolute Gasteiger partial charge is 0.403 e. The Balaban J connectivity index is 1.48. The number of benzene rings is 3. The molecule has 0 saturated carbocycles. The fraction of sp³-hybridized carbons (Fsp3) is 0.0500. The summed E-state index contributed by atoms with van der Waals surface area (Å²) in [6.07, 6.45) is 0.195. The summed E-state index contributed by atoms with van der Waals surface area (Å²) in [7, 11) is 0. The fourth-order valence-corrected chi connectivity index (χ4v) is 3.11. The van der Waals surface area contributed by atoms with Crippen molar-refractivity contribution in [3.05, 3.63) is 76.3 Å². The van der Waals surface area contributed by atoms with Gasteiger partial charge in [-0.2, -0.15) is 0 Å². The topological polar surface area (TPSA) is 68.0 Å². The summed E-state index contributed by atoms with van der Waals surface area (Å²) < 4.78 is 5.49. The van der Waals surface area contributed by atoms with E-state index < -0.39 is 0 Å². The van der Waals surface area contributed by atoms with Gasteiger partial charge in [-0.15, -0.1) is 5.10 Å². The van der Waals surface area contributed by atoms with E-state index in [0.717, 1.165) is 16.3 Å². The summed E-state index contributed by atoms with van der Waals surface area (Å²) in [6.45, 7) is 0. The maximum atomic E-state index is 12.3. The molecule has 0 radical (unpaired) electrons. The van der Waals surface area contributed by atoms with Gasteiger partial charge in [0, 0.05) is 5.02 Å². The van der Waals surface area contributed by atoms with Gasteiger partial charge in [0.1, 0.15) is 0 Å². The highest BCUT2D eigenvalue weighted by atomic mass is 35.5. The van der Waals surface area contributed by atoms with Gasteiger partial charge in [-0.3, -0.25) is 10.1 Å². The van der Waals surface area contributed by atoms with E-state index in [4.69, 9.17) is 27.6 Å². The van der Waals surface area contributed by atoms with Gasteiger partial charge in [0.2, 0.25) is 5.91 Å². The van der Waals surface area contributed by atoms with E-state index in [1.807, 2.05) is 42.5 Å². The minimum Gasteiger partial charge on any atom is -0.403 e. The third kappa shape index (κ3) is 3.94. The number of hydrogen-bond donors (Lipinski definition) is 1. The Morgan fingerprint density at radius 3 is 2.63 bits per heavy atom. The van der Waals surface area contributed by atoms with E-state index in [-0.39, 0.29) is 24.2 Å². The van der Waals surface area contributed by atoms with Crippen molar-refractivity contribution in [2.24, 2.45) is 0 Å². The second-order valence-corrected chi connectivity index (χ2v) is 6.79. The van der Waals surface area contributed by atoms with Crippen LogP contribution in [0.4, 0.5) is 6.01 Å². The van der Waals surface area contributed by atoms with Crippen molar-refractivity contribution in [1.29, 1.82) is 0 Å². The number of nitrogens with one attached hydrogen (secondary N) is 1. The van der Waals surface area contributed by atoms with E-state index >= 15 is 0 Å². The predicted molar refractivity (Wildman–Crippen MR) is 106 cm³/mol. The lowest BCUT2D eigenvalue weighted by Gasteiger charge is -2.03. The SMILES string of the molecule is O=C(Cc1ccc2ccccc2c1)Nc1nnc(-c2cc(Cl)ccc2Cl)o1. The molecule has 0 fully saturated rings. The van der Waals surface area contributed by atoms with Gasteiger partial charge in [-0.1, -0.05) is 70.8 Å². The molecule has 4 rings (SSSR count). The Morgan fingerprint density at radius 2 is 1.78 bits per heavy atom. The van der Waals surface area contributed by atoms with Gasteiger partial charge in [0.05, 0.1) is 17.0 Å². The molecule has 3 aromatic carbocycles. The number of fused-ring (bicyclic) bond motifs is 1. The molecular formula is C20H13Cl2N3O2. The third-order valence-electron chi connectivity index (χ3n) is 4.01. The van der Waals surface area contributed by atoms with E-state index in [1.165, 1.54) is 0 Å². The van der Waals surface area contributed by atoms with Crippen LogP contribution in [0.25, 0.3) is 22.2 Å². The van der Waals surface area contributed by atoms with Crippen LogP contribution in [0.5, 0.6) is 0 Å². The highest BCUT2D eigenvalue weighted by molar-refractivity contribution is 6.35. The highest BCUT2D eigenvalue weighted by Crippen LogP contribution is 2.30. The van der Waals surface area contributed by atoms with Crippen LogP contribution in [0.15, 0.2) is 65.1 Å². The molecule has 27 heavy (non-hydrogen) atoms. The molecule has 7 heteroatoms. The van der Waals surface area contributed by atoms with Crippen molar-refractivity contribution in [2.75, 3.05) is 5.32 Å². The van der Waals surface area contributed by atoms with Crippen molar-refractivity contribution in [3.8, 4) is 11.5 Å². The Kier molecular flexibility index (Phi) is 4.79. The Labute approximate surface area is 164 Å². The van der Waals surface area contributed by atoms with Gasteiger partial charge >= 0.3 is 6.01 Å². The molecule has 0 unspecified atom stereocenters. The van der Waals surface area contributed by atoms with Crippen LogP contribution in [0, 0.1) is 0 Å². The van der Waals surface area contributed by atoms with Crippen LogP contribution >= 0.6 is 23.2 Å². The second kappa shape index (κ2) is 7.39. The number of amides is 1. The summed E-state index contributed by atoms with van der Waals surface area (Å²) in [4.78, 5) is 12.3. The normalized spacial score (nSPS) is 10.9. The number of hydrogen-bond acceptors (Lipinski definition) is 4. The molecule has 0 bridgehead atoms. The standard InChI is InChI=1S/C20H13Cl2N3O2/c21-15-7-8-17(22)16(11-15)19-24-25-20(27-19)23-18(26)10-12-5-6-13-3-1-2-4-14(13)9-12/h1-9,11H,10H2,(H,23,25,26). The van der Waals surface area contributed by atoms with E-state index in [1.54, 1.807) is 18.2 Å². The molecule has 0 saturated heterocycles. The third-order valence-corrected chi connectivity index (χ3v) is 4.57. The van der Waals surface area contributed by atoms with Gasteiger partial charge in [-0.05, 0) is 34.5 Å². The van der Waals surface area contributed by atoms with Gasteiger partial charge < -0.3 is 4.42 Å². The predicted octanol–water partition coefficient (Wildman–Crippen LogP) is 5.38. The molecule has 1 aromatic heterocycles. The van der Waals surface area contributed by atoms with Crippen LogP contribution in [0.1, 0.15) is 5.56 Å². The Morgan fingerprint density at radius 1 is 0.963 bits per heavy atom. The molecule has 0 spiro atoms. The first-order valence-electron chi connectivity index (χ1n) is 8.15. The molecule has 134 valence electrons. The van der Waals surface area contributed by atoms with Crippen molar-refractivity contribution in [1.82, 2.24) is 10.2 Å². The molecule has 5 nitrogen and oxygen atoms in total. The molecule has 1 N–H and O–H groups in total. The molecule has 4 aromatic rings. The monoisotopic (exact) mass is 397 g/mol. The average Bonchev–Trinajstić information content (AvgIpc) is 3.11. The Hall–Kier alpha value is -2.89. The van der Waals surface area contributed by atoms with Crippen LogP contribution in [-0.4, -0.2) is 16.1 Å². The van der Waals surface area contributed by atoms with Crippen LogP contribution < -0.4 is 5.32 Å². The molecule has 0 atom stereocenters. The summed E-state index contributed by atoms with van der Waals surface area (Å²) in [5.74, 6) is -0.0684. The van der Waals surface area contributed by atoms with E-state index in [0.29, 0.717) is 15.6 Å². The average molecular weight is 398 g/mol. The first-order valence-corrected chi connectivity index (χ1v) is 8.90. The summed E-state index contributed by atoms with van der Waals surface area (Å²) in [5.41, 5.74) is 1.40. The zero-order valence-corrected chi connectivity index (χ0v) is 15.5. The van der Waals surface area contributed by atoms with Crippen LogP contribution in [-0.2, 0) is 11.2 Å². The lowest BCUT2D eigenvalue weighted by atomic mass is 10.1. The van der Waals surface area contributed by atoms with Crippen LogP contribution in [0.3, 0.4) is 0 Å². The number of carbonyl (C=O) groups is 1. The summed E-state index contributed by atoms with van der Waals surface area (Å²) in [5, 5.41) is 13.5. The lowest BCUT2D eigenvalue weighted by Crippen LogP contribution is -2.14. The lowest BCUT2D eigenvalue weighted by molar-refractivity contribution is -0.115. The molecular weight excluding hydrogens is 385 g/mol. The van der Waals surface area contributed by atoms with Crippen molar-refractivity contribution < 1.29 is 9.21 Å². The molecule has 1 heterocycles. The van der Waals surface area contributed by atoms with Crippen molar-refractivity contribution in [3.63, 3.8) is 0 Å². The minimum atomic E-state index is -0.252. The first kappa shape index (κ1) is 17.5. The van der Waals surface area contributed by atoms with Crippen molar-refractivity contribution >= 4 is 45.9 Å². The number of carbonyl (C=O) groups excluding carboxylic acids is 1. The fourth-order valence-electron chi connectivity index (χ4n) is 2.74. The van der Waals surface area contributed by atoms with Crippen LogP contribution in [0.2, 0.25) is 10.0 Å². The smallest absolute Gasteiger partial charge is 0.322 e.